The minimum atomic E-state index is -0.628. The Balaban J connectivity index is 2.42. The highest BCUT2D eigenvalue weighted by Crippen LogP contribution is 2.24. The summed E-state index contributed by atoms with van der Waals surface area (Å²) < 4.78 is 0. The molecule has 1 atom stereocenters. The largest absolute Gasteiger partial charge is 0.389 e. The zero-order valence-corrected chi connectivity index (χ0v) is 9.06. The summed E-state index contributed by atoms with van der Waals surface area (Å²) in [7, 11) is 0. The second kappa shape index (κ2) is 4.15. The summed E-state index contributed by atoms with van der Waals surface area (Å²) in [6.07, 6.45) is 3.50. The first-order chi connectivity index (χ1) is 6.02. The first-order valence-corrected chi connectivity index (χ1v) is 5.35. The Morgan fingerprint density at radius 3 is 2.85 bits per heavy atom. The van der Waals surface area contributed by atoms with Crippen molar-refractivity contribution in [1.29, 1.82) is 0 Å². The molecule has 0 aliphatic carbocycles. The highest BCUT2D eigenvalue weighted by atomic mass is 32.2. The number of aromatic amines is 1. The minimum Gasteiger partial charge on any atom is -0.389 e. The number of hydrogen-bond donors (Lipinski definition) is 2. The maximum atomic E-state index is 9.93. The molecule has 0 radical (unpaired) electrons. The summed E-state index contributed by atoms with van der Waals surface area (Å²) >= 11 is 1.55. The molecule has 74 valence electrons. The first-order valence-electron chi connectivity index (χ1n) is 4.37. The fourth-order valence-electron chi connectivity index (χ4n) is 0.711. The molecule has 13 heavy (non-hydrogen) atoms. The van der Waals surface area contributed by atoms with E-state index in [0.29, 0.717) is 5.75 Å². The number of rotatable bonds is 4. The Morgan fingerprint density at radius 1 is 1.69 bits per heavy atom. The van der Waals surface area contributed by atoms with Crippen LogP contribution in [-0.4, -0.2) is 26.4 Å². The molecular weight excluding hydrogens is 184 g/mol. The van der Waals surface area contributed by atoms with Gasteiger partial charge in [-0.2, -0.15) is 0 Å². The van der Waals surface area contributed by atoms with Crippen molar-refractivity contribution >= 4 is 11.8 Å². The number of imidazole rings is 1. The third-order valence-corrected chi connectivity index (χ3v) is 3.44. The van der Waals surface area contributed by atoms with Crippen LogP contribution in [0, 0.1) is 5.92 Å². The van der Waals surface area contributed by atoms with E-state index in [1.807, 2.05) is 20.8 Å². The van der Waals surface area contributed by atoms with Crippen molar-refractivity contribution in [1.82, 2.24) is 9.97 Å². The number of nitrogens with zero attached hydrogens (tertiary/aromatic N) is 1. The number of aromatic nitrogens is 2. The average Bonchev–Trinajstić information content (AvgIpc) is 2.52. The van der Waals surface area contributed by atoms with Gasteiger partial charge >= 0.3 is 0 Å². The van der Waals surface area contributed by atoms with Crippen molar-refractivity contribution in [2.45, 2.75) is 31.5 Å². The molecular formula is C9H16N2OS. The second-order valence-electron chi connectivity index (χ2n) is 3.69. The number of nitrogens with one attached hydrogen (secondary N) is 1. The van der Waals surface area contributed by atoms with E-state index in [1.165, 1.54) is 0 Å². The van der Waals surface area contributed by atoms with Gasteiger partial charge in [0.25, 0.3) is 0 Å². The predicted molar refractivity (Wildman–Crippen MR) is 54.8 cm³/mol. The summed E-state index contributed by atoms with van der Waals surface area (Å²) in [4.78, 5) is 7.06. The van der Waals surface area contributed by atoms with Crippen LogP contribution in [0.5, 0.6) is 0 Å². The molecule has 1 heterocycles. The first kappa shape index (κ1) is 10.6. The molecule has 0 spiro atoms. The molecule has 0 amide bonds. The Bertz CT molecular complexity index is 244. The molecule has 0 saturated heterocycles. The van der Waals surface area contributed by atoms with Crippen molar-refractivity contribution in [3.8, 4) is 0 Å². The van der Waals surface area contributed by atoms with E-state index in [9.17, 15) is 5.11 Å². The molecule has 0 aliphatic rings. The Morgan fingerprint density at radius 2 is 2.38 bits per heavy atom. The molecule has 0 aromatic carbocycles. The number of aliphatic hydroxyl groups is 1. The maximum absolute atomic E-state index is 9.93. The van der Waals surface area contributed by atoms with Crippen LogP contribution >= 0.6 is 11.8 Å². The topological polar surface area (TPSA) is 48.9 Å². The molecule has 1 aromatic rings. The predicted octanol–water partition coefficient (Wildman–Crippen LogP) is 1.91. The average molecular weight is 200 g/mol. The lowest BCUT2D eigenvalue weighted by atomic mass is 9.95. The van der Waals surface area contributed by atoms with Gasteiger partial charge in [-0.15, -0.1) is 0 Å². The van der Waals surface area contributed by atoms with E-state index in [2.05, 4.69) is 9.97 Å². The Labute approximate surface area is 83.0 Å². The second-order valence-corrected chi connectivity index (χ2v) is 4.66. The lowest BCUT2D eigenvalue weighted by Crippen LogP contribution is -2.33. The molecule has 1 unspecified atom stereocenters. The number of hydrogen-bond acceptors (Lipinski definition) is 3. The van der Waals surface area contributed by atoms with E-state index < -0.39 is 5.60 Å². The van der Waals surface area contributed by atoms with Crippen LogP contribution in [-0.2, 0) is 0 Å². The number of H-pyrrole nitrogens is 1. The highest BCUT2D eigenvalue weighted by molar-refractivity contribution is 7.99. The van der Waals surface area contributed by atoms with Crippen molar-refractivity contribution < 1.29 is 5.11 Å². The normalized spacial score (nSPS) is 16.1. The third kappa shape index (κ3) is 3.04. The Hall–Kier alpha value is -0.480. The van der Waals surface area contributed by atoms with Crippen LogP contribution in [0.25, 0.3) is 0 Å². The summed E-state index contributed by atoms with van der Waals surface area (Å²) in [5, 5.41) is 10.8. The van der Waals surface area contributed by atoms with Gasteiger partial charge in [0.15, 0.2) is 5.16 Å². The summed E-state index contributed by atoms with van der Waals surface area (Å²) in [5.74, 6) is 0.924. The van der Waals surface area contributed by atoms with Gasteiger partial charge in [0, 0.05) is 18.1 Å². The Kier molecular flexibility index (Phi) is 3.39. The van der Waals surface area contributed by atoms with Crippen LogP contribution in [0.3, 0.4) is 0 Å². The summed E-state index contributed by atoms with van der Waals surface area (Å²) in [6.45, 7) is 5.89. The SMILES string of the molecule is CC(C)C(C)(O)CSc1ncc[nH]1. The van der Waals surface area contributed by atoms with E-state index in [0.717, 1.165) is 5.16 Å². The zero-order valence-electron chi connectivity index (χ0n) is 8.24. The van der Waals surface area contributed by atoms with Crippen LogP contribution in [0.2, 0.25) is 0 Å². The zero-order chi connectivity index (χ0) is 9.90. The standard InChI is InChI=1S/C9H16N2OS/c1-7(2)9(3,12)6-13-8-10-4-5-11-8/h4-5,7,12H,6H2,1-3H3,(H,10,11). The molecule has 1 aromatic heterocycles. The van der Waals surface area contributed by atoms with Gasteiger partial charge in [-0.25, -0.2) is 4.98 Å². The van der Waals surface area contributed by atoms with Crippen molar-refractivity contribution in [3.05, 3.63) is 12.4 Å². The maximum Gasteiger partial charge on any atom is 0.165 e. The minimum absolute atomic E-state index is 0.259. The molecule has 1 rings (SSSR count). The quantitative estimate of drug-likeness (QED) is 0.730. The summed E-state index contributed by atoms with van der Waals surface area (Å²) in [6, 6.07) is 0. The molecule has 0 aliphatic heterocycles. The summed E-state index contributed by atoms with van der Waals surface area (Å²) in [5.41, 5.74) is -0.628. The van der Waals surface area contributed by atoms with Gasteiger partial charge in [0.1, 0.15) is 0 Å². The lowest BCUT2D eigenvalue weighted by Gasteiger charge is -2.26. The van der Waals surface area contributed by atoms with Crippen molar-refractivity contribution in [3.63, 3.8) is 0 Å². The van der Waals surface area contributed by atoms with Gasteiger partial charge in [0.2, 0.25) is 0 Å². The third-order valence-electron chi connectivity index (χ3n) is 2.22. The highest BCUT2D eigenvalue weighted by Gasteiger charge is 2.25. The van der Waals surface area contributed by atoms with Gasteiger partial charge in [-0.05, 0) is 12.8 Å². The molecule has 3 nitrogen and oxygen atoms in total. The van der Waals surface area contributed by atoms with Crippen LogP contribution in [0.4, 0.5) is 0 Å². The molecule has 4 heteroatoms. The van der Waals surface area contributed by atoms with Crippen molar-refractivity contribution in [2.24, 2.45) is 5.92 Å². The van der Waals surface area contributed by atoms with Crippen molar-refractivity contribution in [2.75, 3.05) is 5.75 Å². The van der Waals surface area contributed by atoms with Gasteiger partial charge in [-0.1, -0.05) is 25.6 Å². The van der Waals surface area contributed by atoms with Crippen LogP contribution < -0.4 is 0 Å². The van der Waals surface area contributed by atoms with Gasteiger partial charge in [0.05, 0.1) is 5.60 Å². The monoisotopic (exact) mass is 200 g/mol. The van der Waals surface area contributed by atoms with Gasteiger partial charge in [-0.3, -0.25) is 0 Å². The molecule has 0 bridgehead atoms. The van der Waals surface area contributed by atoms with E-state index in [1.54, 1.807) is 24.2 Å². The van der Waals surface area contributed by atoms with E-state index in [4.69, 9.17) is 0 Å². The fraction of sp³-hybridized carbons (Fsp3) is 0.667. The molecule has 0 fully saturated rings. The van der Waals surface area contributed by atoms with Gasteiger partial charge < -0.3 is 10.1 Å². The smallest absolute Gasteiger partial charge is 0.165 e. The fourth-order valence-corrected chi connectivity index (χ4v) is 1.76. The molecule has 2 N–H and O–H groups in total. The lowest BCUT2D eigenvalue weighted by molar-refractivity contribution is 0.0376. The van der Waals surface area contributed by atoms with Crippen LogP contribution in [0.1, 0.15) is 20.8 Å². The molecule has 0 saturated carbocycles. The van der Waals surface area contributed by atoms with E-state index >= 15 is 0 Å². The van der Waals surface area contributed by atoms with E-state index in [-0.39, 0.29) is 5.92 Å². The van der Waals surface area contributed by atoms with Crippen LogP contribution in [0.15, 0.2) is 17.6 Å². The number of thioether (sulfide) groups is 1.